The number of carbonyl (C=O) groups excluding carboxylic acids is 1. The molecule has 1 aromatic heterocycles. The van der Waals surface area contributed by atoms with Crippen molar-refractivity contribution in [1.29, 1.82) is 0 Å². The Hall–Kier alpha value is -0.870. The first kappa shape index (κ1) is 13.2. The maximum Gasteiger partial charge on any atom is 0.237 e. The molecule has 1 amide bonds. The minimum Gasteiger partial charge on any atom is -0.350 e. The molecule has 1 atom stereocenters. The van der Waals surface area contributed by atoms with Crippen LogP contribution in [0.5, 0.6) is 0 Å². The minimum atomic E-state index is -0.00929. The Kier molecular flexibility index (Phi) is 5.49. The summed E-state index contributed by atoms with van der Waals surface area (Å²) in [5.41, 5.74) is 0. The summed E-state index contributed by atoms with van der Waals surface area (Å²) in [5.74, 6) is 0.125. The SMILES string of the molecule is CCC(C(=O)NCc1cccs1)N(C)CC. The lowest BCUT2D eigenvalue weighted by Gasteiger charge is -2.24. The molecule has 1 aromatic rings. The number of likely N-dealkylation sites (N-methyl/N-ethyl adjacent to an activating group) is 1. The Labute approximate surface area is 101 Å². The van der Waals surface area contributed by atoms with E-state index in [0.29, 0.717) is 6.54 Å². The Balaban J connectivity index is 2.44. The van der Waals surface area contributed by atoms with Crippen LogP contribution < -0.4 is 5.32 Å². The van der Waals surface area contributed by atoms with Gasteiger partial charge < -0.3 is 5.32 Å². The fourth-order valence-electron chi connectivity index (χ4n) is 1.62. The Morgan fingerprint density at radius 2 is 2.31 bits per heavy atom. The molecular formula is C12H20N2OS. The third-order valence-electron chi connectivity index (χ3n) is 2.74. The molecule has 90 valence electrons. The molecule has 0 bridgehead atoms. The van der Waals surface area contributed by atoms with Crippen LogP contribution in [0.3, 0.4) is 0 Å². The molecule has 3 nitrogen and oxygen atoms in total. The van der Waals surface area contributed by atoms with Gasteiger partial charge in [0, 0.05) is 4.88 Å². The van der Waals surface area contributed by atoms with Crippen molar-refractivity contribution in [2.24, 2.45) is 0 Å². The zero-order valence-electron chi connectivity index (χ0n) is 10.2. The van der Waals surface area contributed by atoms with E-state index in [2.05, 4.69) is 17.1 Å². The number of nitrogens with one attached hydrogen (secondary N) is 1. The first-order valence-corrected chi connectivity index (χ1v) is 6.57. The normalized spacial score (nSPS) is 12.8. The monoisotopic (exact) mass is 240 g/mol. The van der Waals surface area contributed by atoms with Crippen LogP contribution >= 0.6 is 11.3 Å². The van der Waals surface area contributed by atoms with Gasteiger partial charge in [0.15, 0.2) is 0 Å². The number of nitrogens with zero attached hydrogens (tertiary/aromatic N) is 1. The van der Waals surface area contributed by atoms with E-state index < -0.39 is 0 Å². The van der Waals surface area contributed by atoms with Crippen molar-refractivity contribution >= 4 is 17.2 Å². The van der Waals surface area contributed by atoms with Gasteiger partial charge in [-0.1, -0.05) is 19.9 Å². The van der Waals surface area contributed by atoms with Gasteiger partial charge in [-0.05, 0) is 31.5 Å². The van der Waals surface area contributed by atoms with Crippen LogP contribution in [-0.4, -0.2) is 30.4 Å². The van der Waals surface area contributed by atoms with Crippen molar-refractivity contribution < 1.29 is 4.79 Å². The highest BCUT2D eigenvalue weighted by molar-refractivity contribution is 7.09. The standard InChI is InChI=1S/C12H20N2OS/c1-4-11(14(3)5-2)12(15)13-9-10-7-6-8-16-10/h6-8,11H,4-5,9H2,1-3H3,(H,13,15). The van der Waals surface area contributed by atoms with Gasteiger partial charge in [0.05, 0.1) is 12.6 Å². The summed E-state index contributed by atoms with van der Waals surface area (Å²) < 4.78 is 0. The second-order valence-electron chi connectivity index (χ2n) is 3.79. The van der Waals surface area contributed by atoms with Crippen LogP contribution in [0.1, 0.15) is 25.1 Å². The van der Waals surface area contributed by atoms with Gasteiger partial charge in [0.1, 0.15) is 0 Å². The third kappa shape index (κ3) is 3.61. The molecule has 1 rings (SSSR count). The Bertz CT molecular complexity index is 311. The summed E-state index contributed by atoms with van der Waals surface area (Å²) >= 11 is 1.67. The van der Waals surface area contributed by atoms with E-state index >= 15 is 0 Å². The highest BCUT2D eigenvalue weighted by Gasteiger charge is 2.19. The molecule has 0 radical (unpaired) electrons. The van der Waals surface area contributed by atoms with E-state index in [4.69, 9.17) is 0 Å². The highest BCUT2D eigenvalue weighted by Crippen LogP contribution is 2.08. The lowest BCUT2D eigenvalue weighted by Crippen LogP contribution is -2.44. The van der Waals surface area contributed by atoms with Crippen molar-refractivity contribution in [3.63, 3.8) is 0 Å². The fourth-order valence-corrected chi connectivity index (χ4v) is 2.27. The molecular weight excluding hydrogens is 220 g/mol. The van der Waals surface area contributed by atoms with E-state index in [1.807, 2.05) is 31.5 Å². The first-order valence-electron chi connectivity index (χ1n) is 5.69. The number of hydrogen-bond donors (Lipinski definition) is 1. The topological polar surface area (TPSA) is 32.3 Å². The van der Waals surface area contributed by atoms with Crippen LogP contribution in [0.15, 0.2) is 17.5 Å². The summed E-state index contributed by atoms with van der Waals surface area (Å²) in [6.07, 6.45) is 0.848. The zero-order chi connectivity index (χ0) is 12.0. The predicted molar refractivity (Wildman–Crippen MR) is 68.5 cm³/mol. The molecule has 1 unspecified atom stereocenters. The first-order chi connectivity index (χ1) is 7.69. The average Bonchev–Trinajstić information content (AvgIpc) is 2.79. The summed E-state index contributed by atoms with van der Waals surface area (Å²) in [7, 11) is 1.99. The molecule has 1 heterocycles. The van der Waals surface area contributed by atoms with E-state index in [-0.39, 0.29) is 11.9 Å². The van der Waals surface area contributed by atoms with Crippen molar-refractivity contribution in [3.8, 4) is 0 Å². The second kappa shape index (κ2) is 6.66. The van der Waals surface area contributed by atoms with E-state index in [1.54, 1.807) is 11.3 Å². The molecule has 1 N–H and O–H groups in total. The van der Waals surface area contributed by atoms with Gasteiger partial charge in [0.25, 0.3) is 0 Å². The highest BCUT2D eigenvalue weighted by atomic mass is 32.1. The molecule has 0 aliphatic carbocycles. The largest absolute Gasteiger partial charge is 0.350 e. The molecule has 0 aromatic carbocycles. The molecule has 4 heteroatoms. The number of rotatable bonds is 6. The summed E-state index contributed by atoms with van der Waals surface area (Å²) in [6, 6.07) is 4.03. The molecule has 0 aliphatic heterocycles. The van der Waals surface area contributed by atoms with Gasteiger partial charge in [-0.2, -0.15) is 0 Å². The number of thiophene rings is 1. The summed E-state index contributed by atoms with van der Waals surface area (Å²) in [6.45, 7) is 5.65. The van der Waals surface area contributed by atoms with Crippen LogP contribution in [0.4, 0.5) is 0 Å². The van der Waals surface area contributed by atoms with Crippen molar-refractivity contribution in [3.05, 3.63) is 22.4 Å². The molecule has 0 fully saturated rings. The van der Waals surface area contributed by atoms with Crippen LogP contribution in [0.25, 0.3) is 0 Å². The van der Waals surface area contributed by atoms with E-state index in [1.165, 1.54) is 4.88 Å². The fraction of sp³-hybridized carbons (Fsp3) is 0.583. The van der Waals surface area contributed by atoms with Gasteiger partial charge in [0.2, 0.25) is 5.91 Å². The van der Waals surface area contributed by atoms with Crippen LogP contribution in [0, 0.1) is 0 Å². The molecule has 0 spiro atoms. The van der Waals surface area contributed by atoms with Crippen molar-refractivity contribution in [2.45, 2.75) is 32.9 Å². The lowest BCUT2D eigenvalue weighted by atomic mass is 10.2. The van der Waals surface area contributed by atoms with Crippen molar-refractivity contribution in [2.75, 3.05) is 13.6 Å². The Morgan fingerprint density at radius 1 is 1.56 bits per heavy atom. The smallest absolute Gasteiger partial charge is 0.237 e. The van der Waals surface area contributed by atoms with Crippen LogP contribution in [0.2, 0.25) is 0 Å². The average molecular weight is 240 g/mol. The maximum atomic E-state index is 11.9. The molecule has 0 saturated heterocycles. The van der Waals surface area contributed by atoms with Gasteiger partial charge in [-0.25, -0.2) is 0 Å². The molecule has 0 saturated carbocycles. The maximum absolute atomic E-state index is 11.9. The minimum absolute atomic E-state index is 0.00929. The van der Waals surface area contributed by atoms with Crippen LogP contribution in [-0.2, 0) is 11.3 Å². The summed E-state index contributed by atoms with van der Waals surface area (Å²) in [4.78, 5) is 15.2. The third-order valence-corrected chi connectivity index (χ3v) is 3.61. The number of hydrogen-bond acceptors (Lipinski definition) is 3. The van der Waals surface area contributed by atoms with Gasteiger partial charge in [-0.3, -0.25) is 9.69 Å². The molecule has 0 aliphatic rings. The quantitative estimate of drug-likeness (QED) is 0.826. The number of carbonyl (C=O) groups is 1. The Morgan fingerprint density at radius 3 is 2.81 bits per heavy atom. The van der Waals surface area contributed by atoms with E-state index in [9.17, 15) is 4.79 Å². The van der Waals surface area contributed by atoms with Gasteiger partial charge in [-0.15, -0.1) is 11.3 Å². The lowest BCUT2D eigenvalue weighted by molar-refractivity contribution is -0.126. The summed E-state index contributed by atoms with van der Waals surface area (Å²) in [5, 5.41) is 5.01. The van der Waals surface area contributed by atoms with Gasteiger partial charge >= 0.3 is 0 Å². The van der Waals surface area contributed by atoms with E-state index in [0.717, 1.165) is 13.0 Å². The van der Waals surface area contributed by atoms with Crippen molar-refractivity contribution in [1.82, 2.24) is 10.2 Å². The zero-order valence-corrected chi connectivity index (χ0v) is 11.0. The second-order valence-corrected chi connectivity index (χ2v) is 4.83. The predicted octanol–water partition coefficient (Wildman–Crippen LogP) is 2.09. The molecule has 16 heavy (non-hydrogen) atoms. The number of amides is 1.